The number of anilines is 1. The number of aromatic nitrogens is 2. The Hall–Kier alpha value is -4.12. The first-order valence-electron chi connectivity index (χ1n) is 16.9. The van der Waals surface area contributed by atoms with Crippen LogP contribution in [0.4, 0.5) is 14.6 Å². The van der Waals surface area contributed by atoms with Crippen LogP contribution in [-0.4, -0.2) is 81.9 Å². The monoisotopic (exact) mass is 661 g/mol. The SMILES string of the molecule is C[C@H]1CN([C@@H](Cc2ccc3c(c2)CCC3)C(=O)OC(C)(C)C)CCN1C(=O)[C@@H]1CN(c2ccc(=O)n(C)n2)C[C@H]1c1ccc(F)cc1F. The quantitative estimate of drug-likeness (QED) is 0.350. The minimum atomic E-state index is -0.697. The highest BCUT2D eigenvalue weighted by Gasteiger charge is 2.45. The molecule has 256 valence electrons. The van der Waals surface area contributed by atoms with Crippen LogP contribution >= 0.6 is 0 Å². The molecule has 2 fully saturated rings. The molecule has 0 N–H and O–H groups in total. The topological polar surface area (TPSA) is 88.0 Å². The Morgan fingerprint density at radius 3 is 2.46 bits per heavy atom. The smallest absolute Gasteiger partial charge is 0.324 e. The van der Waals surface area contributed by atoms with Crippen molar-refractivity contribution in [3.05, 3.63) is 92.8 Å². The Labute approximate surface area is 280 Å². The fourth-order valence-electron chi connectivity index (χ4n) is 7.53. The lowest BCUT2D eigenvalue weighted by atomic mass is 9.87. The highest BCUT2D eigenvalue weighted by Crippen LogP contribution is 2.38. The van der Waals surface area contributed by atoms with Crippen molar-refractivity contribution in [2.45, 2.75) is 77.0 Å². The number of carbonyl (C=O) groups is 2. The van der Waals surface area contributed by atoms with Crippen molar-refractivity contribution in [3.8, 4) is 0 Å². The van der Waals surface area contributed by atoms with E-state index in [4.69, 9.17) is 4.74 Å². The maximum atomic E-state index is 15.2. The molecule has 1 aliphatic carbocycles. The van der Waals surface area contributed by atoms with E-state index in [2.05, 4.69) is 28.2 Å². The average Bonchev–Trinajstić information content (AvgIpc) is 3.67. The highest BCUT2D eigenvalue weighted by molar-refractivity contribution is 5.82. The third-order valence-electron chi connectivity index (χ3n) is 9.92. The molecule has 9 nitrogen and oxygen atoms in total. The first kappa shape index (κ1) is 33.8. The number of esters is 1. The number of piperazine rings is 1. The van der Waals surface area contributed by atoms with Gasteiger partial charge in [0.25, 0.3) is 5.56 Å². The molecule has 0 saturated carbocycles. The van der Waals surface area contributed by atoms with E-state index >= 15 is 4.39 Å². The molecule has 3 heterocycles. The summed E-state index contributed by atoms with van der Waals surface area (Å²) in [5.74, 6) is -2.48. The second-order valence-corrected chi connectivity index (χ2v) is 14.5. The Kier molecular flexibility index (Phi) is 9.44. The van der Waals surface area contributed by atoms with Crippen molar-refractivity contribution in [1.82, 2.24) is 19.6 Å². The van der Waals surface area contributed by atoms with Gasteiger partial charge in [-0.1, -0.05) is 24.3 Å². The lowest BCUT2D eigenvalue weighted by Crippen LogP contribution is -2.60. The van der Waals surface area contributed by atoms with E-state index in [0.29, 0.717) is 31.9 Å². The van der Waals surface area contributed by atoms with Gasteiger partial charge in [0, 0.05) is 63.9 Å². The molecule has 6 rings (SSSR count). The lowest BCUT2D eigenvalue weighted by molar-refractivity contribution is -0.163. The standard InChI is InChI=1S/C37H45F2N5O4/c1-23-20-42(32(36(47)48-37(2,3)4)18-24-9-10-25-7-6-8-26(25)17-24)15-16-44(23)35(46)30-22-43(33-13-14-34(45)41(5)40-33)21-29(30)28-12-11-27(38)19-31(28)39/h9-14,17,19,23,29-30,32H,6-8,15-16,18,20-22H2,1-5H3/t23-,29-,30+,32-/m0/s1. The second-order valence-electron chi connectivity index (χ2n) is 14.5. The number of carbonyl (C=O) groups excluding carboxylic acids is 2. The van der Waals surface area contributed by atoms with E-state index in [1.54, 1.807) is 13.1 Å². The summed E-state index contributed by atoms with van der Waals surface area (Å²) in [4.78, 5) is 45.9. The van der Waals surface area contributed by atoms with Crippen LogP contribution in [0, 0.1) is 17.6 Å². The van der Waals surface area contributed by atoms with E-state index in [-0.39, 0.29) is 42.1 Å². The summed E-state index contributed by atoms with van der Waals surface area (Å²) in [6.45, 7) is 9.44. The minimum Gasteiger partial charge on any atom is -0.459 e. The number of fused-ring (bicyclic) bond motifs is 1. The zero-order chi connectivity index (χ0) is 34.3. The van der Waals surface area contributed by atoms with Gasteiger partial charge in [0.15, 0.2) is 0 Å². The molecule has 3 aliphatic rings. The van der Waals surface area contributed by atoms with E-state index < -0.39 is 35.1 Å². The van der Waals surface area contributed by atoms with Crippen molar-refractivity contribution >= 4 is 17.7 Å². The van der Waals surface area contributed by atoms with Gasteiger partial charge in [0.1, 0.15) is 29.1 Å². The van der Waals surface area contributed by atoms with Gasteiger partial charge in [-0.2, -0.15) is 5.10 Å². The van der Waals surface area contributed by atoms with E-state index in [0.717, 1.165) is 30.9 Å². The Morgan fingerprint density at radius 1 is 0.979 bits per heavy atom. The van der Waals surface area contributed by atoms with Crippen LogP contribution in [0.2, 0.25) is 0 Å². The fourth-order valence-corrected chi connectivity index (χ4v) is 7.53. The van der Waals surface area contributed by atoms with Crippen LogP contribution < -0.4 is 10.5 Å². The highest BCUT2D eigenvalue weighted by atomic mass is 19.1. The van der Waals surface area contributed by atoms with Gasteiger partial charge in [-0.3, -0.25) is 19.3 Å². The van der Waals surface area contributed by atoms with Crippen LogP contribution in [0.25, 0.3) is 0 Å². The number of hydrogen-bond acceptors (Lipinski definition) is 7. The summed E-state index contributed by atoms with van der Waals surface area (Å²) in [6, 6.07) is 12.3. The average molecular weight is 662 g/mol. The predicted molar refractivity (Wildman–Crippen MR) is 179 cm³/mol. The van der Waals surface area contributed by atoms with Crippen LogP contribution in [0.15, 0.2) is 53.3 Å². The van der Waals surface area contributed by atoms with Gasteiger partial charge in [0.2, 0.25) is 5.91 Å². The summed E-state index contributed by atoms with van der Waals surface area (Å²) in [6.07, 6.45) is 3.81. The van der Waals surface area contributed by atoms with Gasteiger partial charge in [-0.25, -0.2) is 13.5 Å². The zero-order valence-corrected chi connectivity index (χ0v) is 28.4. The van der Waals surface area contributed by atoms with Crippen LogP contribution in [0.1, 0.15) is 62.3 Å². The predicted octanol–water partition coefficient (Wildman–Crippen LogP) is 4.25. The molecule has 1 aromatic heterocycles. The van der Waals surface area contributed by atoms with Crippen molar-refractivity contribution in [2.24, 2.45) is 13.0 Å². The zero-order valence-electron chi connectivity index (χ0n) is 28.4. The molecular weight excluding hydrogens is 616 g/mol. The molecule has 48 heavy (non-hydrogen) atoms. The molecule has 2 aromatic carbocycles. The summed E-state index contributed by atoms with van der Waals surface area (Å²) >= 11 is 0. The summed E-state index contributed by atoms with van der Waals surface area (Å²) in [7, 11) is 1.55. The molecular formula is C37H45F2N5O4. The number of benzene rings is 2. The number of amides is 1. The maximum Gasteiger partial charge on any atom is 0.324 e. The molecule has 0 spiro atoms. The van der Waals surface area contributed by atoms with Crippen LogP contribution in [-0.2, 0) is 40.6 Å². The van der Waals surface area contributed by atoms with E-state index in [1.807, 2.05) is 37.5 Å². The first-order chi connectivity index (χ1) is 22.8. The molecule has 2 saturated heterocycles. The Morgan fingerprint density at radius 2 is 1.75 bits per heavy atom. The molecule has 1 amide bonds. The van der Waals surface area contributed by atoms with Crippen molar-refractivity contribution in [1.29, 1.82) is 0 Å². The summed E-state index contributed by atoms with van der Waals surface area (Å²) in [5.41, 5.74) is 3.19. The third-order valence-corrected chi connectivity index (χ3v) is 9.92. The van der Waals surface area contributed by atoms with Gasteiger partial charge >= 0.3 is 5.97 Å². The summed E-state index contributed by atoms with van der Waals surface area (Å²) < 4.78 is 36.2. The van der Waals surface area contributed by atoms with Crippen molar-refractivity contribution in [3.63, 3.8) is 0 Å². The van der Waals surface area contributed by atoms with Gasteiger partial charge < -0.3 is 14.5 Å². The number of nitrogens with zero attached hydrogens (tertiary/aromatic N) is 5. The molecule has 0 radical (unpaired) electrons. The van der Waals surface area contributed by atoms with Crippen LogP contribution in [0.5, 0.6) is 0 Å². The lowest BCUT2D eigenvalue weighted by Gasteiger charge is -2.44. The van der Waals surface area contributed by atoms with Crippen molar-refractivity contribution in [2.75, 3.05) is 37.6 Å². The Balaban J connectivity index is 1.23. The number of ether oxygens (including phenoxy) is 1. The van der Waals surface area contributed by atoms with Gasteiger partial charge in [0.05, 0.1) is 5.92 Å². The third kappa shape index (κ3) is 7.16. The Bertz CT molecular complexity index is 1750. The van der Waals surface area contributed by atoms with Gasteiger partial charge in [-0.05, 0) is 87.8 Å². The summed E-state index contributed by atoms with van der Waals surface area (Å²) in [5, 5.41) is 4.37. The maximum absolute atomic E-state index is 15.2. The number of aryl methyl sites for hydroxylation is 3. The molecule has 3 aromatic rings. The minimum absolute atomic E-state index is 0.129. The normalized spacial score (nSPS) is 22.1. The van der Waals surface area contributed by atoms with E-state index in [9.17, 15) is 18.8 Å². The second kappa shape index (κ2) is 13.4. The molecule has 4 atom stereocenters. The number of hydrogen-bond donors (Lipinski definition) is 0. The largest absolute Gasteiger partial charge is 0.459 e. The number of rotatable bonds is 7. The van der Waals surface area contributed by atoms with E-state index in [1.165, 1.54) is 34.0 Å². The van der Waals surface area contributed by atoms with Crippen molar-refractivity contribution < 1.29 is 23.1 Å². The fraction of sp³-hybridized carbons (Fsp3) is 0.514. The molecule has 0 unspecified atom stereocenters. The van der Waals surface area contributed by atoms with Crippen LogP contribution in [0.3, 0.4) is 0 Å². The first-order valence-corrected chi connectivity index (χ1v) is 16.9. The number of halogens is 2. The molecule has 0 bridgehead atoms. The molecule has 2 aliphatic heterocycles. The molecule has 11 heteroatoms. The van der Waals surface area contributed by atoms with Gasteiger partial charge in [-0.15, -0.1) is 0 Å².